The van der Waals surface area contributed by atoms with E-state index in [1.54, 1.807) is 0 Å². The van der Waals surface area contributed by atoms with Crippen molar-refractivity contribution in [2.75, 3.05) is 5.75 Å². The molecule has 0 saturated carbocycles. The number of aryl methyl sites for hydroxylation is 1. The summed E-state index contributed by atoms with van der Waals surface area (Å²) in [6, 6.07) is 9.72. The van der Waals surface area contributed by atoms with E-state index in [1.807, 2.05) is 31.2 Å². The maximum Gasteiger partial charge on any atom is 0.352 e. The molecule has 0 bridgehead atoms. The van der Waals surface area contributed by atoms with E-state index in [-0.39, 0.29) is 18.0 Å². The number of hydrogen-bond acceptors (Lipinski definition) is 4. The number of rotatable bonds is 5. The summed E-state index contributed by atoms with van der Waals surface area (Å²) in [5.41, 5.74) is 1.72. The average molecular weight is 345 g/mol. The van der Waals surface area contributed by atoms with Gasteiger partial charge < -0.3 is 0 Å². The van der Waals surface area contributed by atoms with Crippen molar-refractivity contribution in [2.45, 2.75) is 13.5 Å². The van der Waals surface area contributed by atoms with Gasteiger partial charge in [0.15, 0.2) is 0 Å². The molecule has 0 saturated heterocycles. The summed E-state index contributed by atoms with van der Waals surface area (Å²) in [7, 11) is -3.79. The van der Waals surface area contributed by atoms with E-state index >= 15 is 0 Å². The first-order valence-electron chi connectivity index (χ1n) is 7.22. The third-order valence-electron chi connectivity index (χ3n) is 3.62. The average Bonchev–Trinajstić information content (AvgIpc) is 3.02. The Balaban J connectivity index is 1.71. The molecule has 7 nitrogen and oxygen atoms in total. The van der Waals surface area contributed by atoms with E-state index in [1.165, 1.54) is 18.3 Å². The van der Waals surface area contributed by atoms with Crippen molar-refractivity contribution in [2.24, 2.45) is 4.99 Å². The van der Waals surface area contributed by atoms with Gasteiger partial charge in [-0.05, 0) is 24.6 Å². The normalized spacial score (nSPS) is 14.5. The van der Waals surface area contributed by atoms with Crippen LogP contribution in [0, 0.1) is 6.92 Å². The molecule has 1 aliphatic heterocycles. The van der Waals surface area contributed by atoms with Gasteiger partial charge in [0.2, 0.25) is 15.8 Å². The SMILES string of the molecule is Cc1ccc(CNS(=O)(=O)CC2=NC(=O)n3cccc3C2=O)cc1. The van der Waals surface area contributed by atoms with Gasteiger partial charge >= 0.3 is 6.03 Å². The fraction of sp³-hybridized carbons (Fsp3) is 0.188. The standard InChI is InChI=1S/C16H15N3O4S/c1-11-4-6-12(7-5-11)9-17-24(22,23)10-13-15(20)14-3-2-8-19(14)16(21)18-13/h2-8,17H,9-10H2,1H3. The molecule has 24 heavy (non-hydrogen) atoms. The molecule has 1 aliphatic rings. The molecule has 1 N–H and O–H groups in total. The van der Waals surface area contributed by atoms with Crippen LogP contribution in [0.5, 0.6) is 0 Å². The molecule has 1 aromatic carbocycles. The molecule has 1 aromatic heterocycles. The van der Waals surface area contributed by atoms with Crippen LogP contribution in [0.25, 0.3) is 0 Å². The number of fused-ring (bicyclic) bond motifs is 1. The van der Waals surface area contributed by atoms with Gasteiger partial charge in [0, 0.05) is 12.7 Å². The highest BCUT2D eigenvalue weighted by atomic mass is 32.2. The summed E-state index contributed by atoms with van der Waals surface area (Å²) < 4.78 is 27.9. The predicted octanol–water partition coefficient (Wildman–Crippen LogP) is 1.52. The van der Waals surface area contributed by atoms with E-state index in [0.717, 1.165) is 15.7 Å². The number of carbonyl (C=O) groups is 2. The highest BCUT2D eigenvalue weighted by molar-refractivity contribution is 7.90. The van der Waals surface area contributed by atoms with Gasteiger partial charge in [-0.15, -0.1) is 0 Å². The van der Waals surface area contributed by atoms with Crippen LogP contribution in [-0.2, 0) is 16.6 Å². The van der Waals surface area contributed by atoms with Gasteiger partial charge in [0.05, 0.1) is 5.69 Å². The lowest BCUT2D eigenvalue weighted by atomic mass is 10.2. The van der Waals surface area contributed by atoms with Crippen LogP contribution >= 0.6 is 0 Å². The number of aromatic nitrogens is 1. The van der Waals surface area contributed by atoms with Crippen molar-refractivity contribution in [1.82, 2.24) is 9.29 Å². The summed E-state index contributed by atoms with van der Waals surface area (Å²) in [5.74, 6) is -1.19. The molecule has 8 heteroatoms. The molecule has 0 unspecified atom stereocenters. The summed E-state index contributed by atoms with van der Waals surface area (Å²) in [6.45, 7) is 2.04. The second kappa shape index (κ2) is 6.14. The molecule has 2 aromatic rings. The monoisotopic (exact) mass is 345 g/mol. The fourth-order valence-corrected chi connectivity index (χ4v) is 3.37. The lowest BCUT2D eigenvalue weighted by molar-refractivity contribution is 0.105. The lowest BCUT2D eigenvalue weighted by Gasteiger charge is -2.13. The summed E-state index contributed by atoms with van der Waals surface area (Å²) in [4.78, 5) is 27.6. The Labute approximate surface area is 139 Å². The zero-order valence-electron chi connectivity index (χ0n) is 12.9. The number of amides is 1. The number of hydrogen-bond donors (Lipinski definition) is 1. The Kier molecular flexibility index (Phi) is 4.16. The van der Waals surface area contributed by atoms with Crippen molar-refractivity contribution >= 4 is 27.5 Å². The van der Waals surface area contributed by atoms with E-state index in [9.17, 15) is 18.0 Å². The molecule has 2 heterocycles. The number of benzene rings is 1. The predicted molar refractivity (Wildman–Crippen MR) is 88.8 cm³/mol. The molecule has 0 aliphatic carbocycles. The van der Waals surface area contributed by atoms with Crippen molar-refractivity contribution in [3.8, 4) is 0 Å². The molecule has 0 fully saturated rings. The van der Waals surface area contributed by atoms with Crippen LogP contribution in [0.15, 0.2) is 47.6 Å². The van der Waals surface area contributed by atoms with Crippen molar-refractivity contribution in [3.63, 3.8) is 0 Å². The number of ketones is 1. The molecule has 1 amide bonds. The van der Waals surface area contributed by atoms with Gasteiger partial charge in [-0.3, -0.25) is 9.36 Å². The maximum absolute atomic E-state index is 12.2. The number of nitrogens with zero attached hydrogens (tertiary/aromatic N) is 2. The highest BCUT2D eigenvalue weighted by Gasteiger charge is 2.29. The Morgan fingerprint density at radius 1 is 1.12 bits per heavy atom. The topological polar surface area (TPSA) is 97.6 Å². The first-order valence-corrected chi connectivity index (χ1v) is 8.88. The zero-order chi connectivity index (χ0) is 17.3. The summed E-state index contributed by atoms with van der Waals surface area (Å²) in [6.07, 6.45) is 1.42. The molecule has 3 rings (SSSR count). The maximum atomic E-state index is 12.2. The molecule has 0 spiro atoms. The van der Waals surface area contributed by atoms with Crippen LogP contribution in [0.4, 0.5) is 4.79 Å². The van der Waals surface area contributed by atoms with E-state index in [4.69, 9.17) is 0 Å². The van der Waals surface area contributed by atoms with Crippen LogP contribution in [0.2, 0.25) is 0 Å². The Hall–Kier alpha value is -2.58. The quantitative estimate of drug-likeness (QED) is 0.888. The zero-order valence-corrected chi connectivity index (χ0v) is 13.7. The van der Waals surface area contributed by atoms with E-state index in [0.29, 0.717) is 0 Å². The second-order valence-electron chi connectivity index (χ2n) is 5.50. The number of aliphatic imine (C=N–C) groups is 1. The minimum Gasteiger partial charge on any atom is -0.285 e. The Morgan fingerprint density at radius 2 is 1.83 bits per heavy atom. The smallest absolute Gasteiger partial charge is 0.285 e. The highest BCUT2D eigenvalue weighted by Crippen LogP contribution is 2.12. The van der Waals surface area contributed by atoms with E-state index < -0.39 is 27.6 Å². The molecule has 124 valence electrons. The number of nitrogens with one attached hydrogen (secondary N) is 1. The molecule has 0 atom stereocenters. The van der Waals surface area contributed by atoms with Gasteiger partial charge in [-0.25, -0.2) is 17.9 Å². The number of Topliss-reactive ketones (excluding diaryl/α,β-unsaturated/α-hetero) is 1. The van der Waals surface area contributed by atoms with Crippen molar-refractivity contribution in [3.05, 3.63) is 59.4 Å². The van der Waals surface area contributed by atoms with Crippen molar-refractivity contribution in [1.29, 1.82) is 0 Å². The first-order chi connectivity index (χ1) is 11.4. The third-order valence-corrected chi connectivity index (χ3v) is 4.86. The molecular weight excluding hydrogens is 330 g/mol. The minimum atomic E-state index is -3.79. The molecular formula is C16H15N3O4S. The minimum absolute atomic E-state index is 0.106. The van der Waals surface area contributed by atoms with Gasteiger partial charge in [-0.1, -0.05) is 29.8 Å². The first kappa shape index (κ1) is 16.3. The van der Waals surface area contributed by atoms with Crippen LogP contribution in [0.1, 0.15) is 21.6 Å². The van der Waals surface area contributed by atoms with Gasteiger partial charge in [0.25, 0.3) is 0 Å². The lowest BCUT2D eigenvalue weighted by Crippen LogP contribution is -2.37. The Bertz CT molecular complexity index is 940. The van der Waals surface area contributed by atoms with Gasteiger partial charge in [-0.2, -0.15) is 4.99 Å². The number of carbonyl (C=O) groups excluding carboxylic acids is 2. The van der Waals surface area contributed by atoms with Crippen LogP contribution in [-0.4, -0.2) is 36.3 Å². The van der Waals surface area contributed by atoms with Crippen LogP contribution in [0.3, 0.4) is 0 Å². The fourth-order valence-electron chi connectivity index (χ4n) is 2.33. The Morgan fingerprint density at radius 3 is 2.54 bits per heavy atom. The summed E-state index contributed by atoms with van der Waals surface area (Å²) >= 11 is 0. The number of sulfonamides is 1. The largest absolute Gasteiger partial charge is 0.352 e. The molecule has 0 radical (unpaired) electrons. The van der Waals surface area contributed by atoms with E-state index in [2.05, 4.69) is 9.71 Å². The van der Waals surface area contributed by atoms with Crippen LogP contribution < -0.4 is 4.72 Å². The summed E-state index contributed by atoms with van der Waals surface area (Å²) in [5, 5.41) is 0. The third kappa shape index (κ3) is 3.34. The van der Waals surface area contributed by atoms with Crippen molar-refractivity contribution < 1.29 is 18.0 Å². The van der Waals surface area contributed by atoms with Gasteiger partial charge in [0.1, 0.15) is 11.5 Å². The second-order valence-corrected chi connectivity index (χ2v) is 7.31.